The number of carbonyl (C=O) groups is 2. The van der Waals surface area contributed by atoms with Crippen molar-refractivity contribution >= 4 is 23.5 Å². The van der Waals surface area contributed by atoms with E-state index in [2.05, 4.69) is 0 Å². The largest absolute Gasteiger partial charge is 0.480 e. The van der Waals surface area contributed by atoms with Crippen molar-refractivity contribution in [3.63, 3.8) is 0 Å². The van der Waals surface area contributed by atoms with Crippen molar-refractivity contribution in [1.29, 1.82) is 0 Å². The third-order valence-corrected chi connectivity index (χ3v) is 7.24. The Hall–Kier alpha value is -2.71. The third-order valence-electron chi connectivity index (χ3n) is 6.95. The lowest BCUT2D eigenvalue weighted by Crippen LogP contribution is -2.47. The van der Waals surface area contributed by atoms with E-state index in [1.165, 1.54) is 16.7 Å². The summed E-state index contributed by atoms with van der Waals surface area (Å²) in [5, 5.41) is 9.52. The monoisotopic (exact) mass is 460 g/mol. The minimum Gasteiger partial charge on any atom is -0.480 e. The Morgan fingerprint density at radius 1 is 1.31 bits per heavy atom. The van der Waals surface area contributed by atoms with Crippen molar-refractivity contribution in [3.05, 3.63) is 56.2 Å². The number of hydrogen-bond acceptors (Lipinski definition) is 4. The van der Waals surface area contributed by atoms with Gasteiger partial charge < -0.3 is 14.7 Å². The van der Waals surface area contributed by atoms with Crippen molar-refractivity contribution in [3.8, 4) is 11.1 Å². The van der Waals surface area contributed by atoms with Crippen molar-refractivity contribution < 1.29 is 23.8 Å². The molecule has 1 N–H and O–H groups in total. The SMILES string of the molecule is COCCN1C(=O)c2c(cc(=O)n3c2CCC3C(=O)O)-c2c(ccc(Cl)c2F)CC12CC2. The highest BCUT2D eigenvalue weighted by atomic mass is 35.5. The van der Waals surface area contributed by atoms with Crippen LogP contribution in [0.15, 0.2) is 23.0 Å². The molecule has 32 heavy (non-hydrogen) atoms. The third kappa shape index (κ3) is 3.00. The van der Waals surface area contributed by atoms with Crippen LogP contribution < -0.4 is 5.56 Å². The van der Waals surface area contributed by atoms with Crippen molar-refractivity contribution in [2.24, 2.45) is 0 Å². The van der Waals surface area contributed by atoms with Gasteiger partial charge in [-0.05, 0) is 43.7 Å². The van der Waals surface area contributed by atoms with Crippen LogP contribution >= 0.6 is 11.6 Å². The van der Waals surface area contributed by atoms with E-state index in [1.54, 1.807) is 18.1 Å². The normalized spacial score (nSPS) is 20.4. The maximum Gasteiger partial charge on any atom is 0.326 e. The number of ether oxygens (including phenoxy) is 1. The zero-order valence-electron chi connectivity index (χ0n) is 17.5. The predicted molar refractivity (Wildman–Crippen MR) is 115 cm³/mol. The Kier molecular flexibility index (Phi) is 4.90. The summed E-state index contributed by atoms with van der Waals surface area (Å²) < 4.78 is 21.8. The van der Waals surface area contributed by atoms with Crippen LogP contribution in [0.4, 0.5) is 4.39 Å². The molecule has 1 aromatic carbocycles. The van der Waals surface area contributed by atoms with Crippen LogP contribution in [0.5, 0.6) is 0 Å². The fourth-order valence-corrected chi connectivity index (χ4v) is 5.43. The van der Waals surface area contributed by atoms with Crippen molar-refractivity contribution in [2.75, 3.05) is 20.3 Å². The van der Waals surface area contributed by atoms with Crippen LogP contribution in [0.2, 0.25) is 5.02 Å². The number of nitrogens with zero attached hydrogens (tertiary/aromatic N) is 2. The fourth-order valence-electron chi connectivity index (χ4n) is 5.28. The van der Waals surface area contributed by atoms with Gasteiger partial charge in [0.1, 0.15) is 11.9 Å². The average molecular weight is 461 g/mol. The summed E-state index contributed by atoms with van der Waals surface area (Å²) in [5.74, 6) is -2.13. The Morgan fingerprint density at radius 2 is 2.06 bits per heavy atom. The Labute approximate surface area is 188 Å². The summed E-state index contributed by atoms with van der Waals surface area (Å²) in [4.78, 5) is 40.5. The summed E-state index contributed by atoms with van der Waals surface area (Å²) in [6, 6.07) is 3.39. The molecule has 168 valence electrons. The number of hydrogen-bond donors (Lipinski definition) is 1. The molecule has 5 rings (SSSR count). The second-order valence-electron chi connectivity index (χ2n) is 8.73. The van der Waals surface area contributed by atoms with Gasteiger partial charge in [0.15, 0.2) is 0 Å². The minimum absolute atomic E-state index is 0.0900. The zero-order chi connectivity index (χ0) is 22.8. The molecule has 1 unspecified atom stereocenters. The lowest BCUT2D eigenvalue weighted by molar-refractivity contribution is -0.140. The molecule has 0 saturated heterocycles. The van der Waals surface area contributed by atoms with E-state index >= 15 is 4.39 Å². The van der Waals surface area contributed by atoms with E-state index in [0.717, 1.165) is 12.8 Å². The number of methoxy groups -OCH3 is 1. The minimum atomic E-state index is -1.13. The van der Waals surface area contributed by atoms with Crippen LogP contribution in [0, 0.1) is 5.82 Å². The van der Waals surface area contributed by atoms with Crippen molar-refractivity contribution in [1.82, 2.24) is 9.47 Å². The highest BCUT2D eigenvalue weighted by molar-refractivity contribution is 6.31. The first-order valence-corrected chi connectivity index (χ1v) is 11.0. The number of rotatable bonds is 4. The number of pyridine rings is 1. The summed E-state index contributed by atoms with van der Waals surface area (Å²) in [5.41, 5.74) is 0.543. The molecule has 1 saturated carbocycles. The second kappa shape index (κ2) is 7.42. The first kappa shape index (κ1) is 21.2. The van der Waals surface area contributed by atoms with E-state index in [9.17, 15) is 19.5 Å². The van der Waals surface area contributed by atoms with Gasteiger partial charge in [0, 0.05) is 42.1 Å². The molecule has 2 aromatic rings. The standard InChI is InChI=1S/C23H22ClFN2O5/c1-32-9-8-26-21(29)19-13(10-17(28)27-15(19)4-5-16(27)22(30)31)18-12(11-23(26)6-7-23)2-3-14(24)20(18)25/h2-3,10,16H,4-9,11H2,1H3,(H,30,31). The van der Waals surface area contributed by atoms with E-state index in [-0.39, 0.29) is 40.5 Å². The number of aliphatic carboxylic acids is 1. The van der Waals surface area contributed by atoms with E-state index < -0.39 is 28.9 Å². The van der Waals surface area contributed by atoms with Gasteiger partial charge in [0.05, 0.1) is 17.2 Å². The molecule has 3 heterocycles. The van der Waals surface area contributed by atoms with E-state index in [4.69, 9.17) is 16.3 Å². The Morgan fingerprint density at radius 3 is 2.72 bits per heavy atom. The smallest absolute Gasteiger partial charge is 0.326 e. The van der Waals surface area contributed by atoms with E-state index in [1.807, 2.05) is 0 Å². The molecule has 0 bridgehead atoms. The van der Waals surface area contributed by atoms with E-state index in [0.29, 0.717) is 30.8 Å². The molecule has 1 aromatic heterocycles. The molecule has 2 aliphatic heterocycles. The van der Waals surface area contributed by atoms with Gasteiger partial charge in [-0.15, -0.1) is 0 Å². The number of carbonyl (C=O) groups excluding carboxylic acids is 1. The zero-order valence-corrected chi connectivity index (χ0v) is 18.2. The van der Waals surface area contributed by atoms with Crippen LogP contribution in [0.1, 0.15) is 46.9 Å². The lowest BCUT2D eigenvalue weighted by Gasteiger charge is -2.36. The first-order valence-electron chi connectivity index (χ1n) is 10.6. The van der Waals surface area contributed by atoms with Crippen LogP contribution in [0.25, 0.3) is 11.1 Å². The lowest BCUT2D eigenvalue weighted by atomic mass is 9.86. The maximum atomic E-state index is 15.4. The number of fused-ring (bicyclic) bond motifs is 5. The van der Waals surface area contributed by atoms with Gasteiger partial charge in [-0.2, -0.15) is 0 Å². The molecule has 1 fully saturated rings. The summed E-state index contributed by atoms with van der Waals surface area (Å²) in [7, 11) is 1.56. The molecule has 1 amide bonds. The van der Waals surface area contributed by atoms with Gasteiger partial charge in [0.25, 0.3) is 11.5 Å². The van der Waals surface area contributed by atoms with Crippen LogP contribution in [0.3, 0.4) is 0 Å². The van der Waals surface area contributed by atoms with Crippen LogP contribution in [-0.2, 0) is 22.4 Å². The molecule has 7 nitrogen and oxygen atoms in total. The highest BCUT2D eigenvalue weighted by Crippen LogP contribution is 2.50. The molecular formula is C23H22ClFN2O5. The number of aromatic nitrogens is 1. The van der Waals surface area contributed by atoms with Crippen LogP contribution in [-0.4, -0.2) is 52.3 Å². The number of halogens is 2. The Bertz CT molecular complexity index is 1220. The number of carboxylic acids is 1. The van der Waals surface area contributed by atoms with Crippen molar-refractivity contribution in [2.45, 2.75) is 43.7 Å². The summed E-state index contributed by atoms with van der Waals surface area (Å²) in [6.07, 6.45) is 2.43. The number of carboxylic acid groups (broad SMARTS) is 1. The summed E-state index contributed by atoms with van der Waals surface area (Å²) in [6.45, 7) is 0.679. The first-order chi connectivity index (χ1) is 15.3. The number of amides is 1. The average Bonchev–Trinajstić information content (AvgIpc) is 3.37. The highest BCUT2D eigenvalue weighted by Gasteiger charge is 2.52. The van der Waals surface area contributed by atoms with Gasteiger partial charge in [-0.25, -0.2) is 9.18 Å². The molecular weight excluding hydrogens is 439 g/mol. The van der Waals surface area contributed by atoms with Gasteiger partial charge in [-0.3, -0.25) is 14.2 Å². The molecule has 1 spiro atoms. The molecule has 1 atom stereocenters. The fraction of sp³-hybridized carbons (Fsp3) is 0.435. The maximum absolute atomic E-state index is 15.4. The summed E-state index contributed by atoms with van der Waals surface area (Å²) >= 11 is 6.10. The quantitative estimate of drug-likeness (QED) is 0.757. The van der Waals surface area contributed by atoms with Gasteiger partial charge >= 0.3 is 5.97 Å². The van der Waals surface area contributed by atoms with Gasteiger partial charge in [0.2, 0.25) is 0 Å². The van der Waals surface area contributed by atoms with Gasteiger partial charge in [-0.1, -0.05) is 17.7 Å². The second-order valence-corrected chi connectivity index (χ2v) is 9.13. The Balaban J connectivity index is 1.84. The number of benzene rings is 1. The molecule has 3 aliphatic rings. The molecule has 0 radical (unpaired) electrons. The topological polar surface area (TPSA) is 88.8 Å². The molecule has 9 heteroatoms. The molecule has 1 aliphatic carbocycles. The predicted octanol–water partition coefficient (Wildman–Crippen LogP) is 3.06.